The van der Waals surface area contributed by atoms with Gasteiger partial charge in [-0.2, -0.15) is 0 Å². The number of hydrogen-bond acceptors (Lipinski definition) is 4. The predicted molar refractivity (Wildman–Crippen MR) is 121 cm³/mol. The molecule has 2 amide bonds. The van der Waals surface area contributed by atoms with Crippen LogP contribution in [-0.2, 0) is 16.1 Å². The fourth-order valence-corrected chi connectivity index (χ4v) is 3.36. The second-order valence-corrected chi connectivity index (χ2v) is 7.75. The number of halogens is 1. The third-order valence-corrected chi connectivity index (χ3v) is 5.61. The van der Waals surface area contributed by atoms with Crippen LogP contribution in [0.1, 0.15) is 31.4 Å². The highest BCUT2D eigenvalue weighted by Gasteiger charge is 2.28. The van der Waals surface area contributed by atoms with Crippen LogP contribution in [-0.4, -0.2) is 43.0 Å². The van der Waals surface area contributed by atoms with E-state index in [-0.39, 0.29) is 25.0 Å². The van der Waals surface area contributed by atoms with Crippen LogP contribution in [0.2, 0.25) is 0 Å². The van der Waals surface area contributed by atoms with Gasteiger partial charge in [0.2, 0.25) is 5.91 Å². The van der Waals surface area contributed by atoms with Gasteiger partial charge in [-0.15, -0.1) is 0 Å². The van der Waals surface area contributed by atoms with E-state index >= 15 is 0 Å². The number of methoxy groups -OCH3 is 1. The van der Waals surface area contributed by atoms with E-state index in [4.69, 9.17) is 9.47 Å². The zero-order valence-corrected chi connectivity index (χ0v) is 19.5. The largest absolute Gasteiger partial charge is 0.497 e. The summed E-state index contributed by atoms with van der Waals surface area (Å²) in [5, 5.41) is 2.82. The number of rotatable bonds is 10. The lowest BCUT2D eigenvalue weighted by molar-refractivity contribution is -0.142. The van der Waals surface area contributed by atoms with Crippen molar-refractivity contribution in [1.82, 2.24) is 10.2 Å². The van der Waals surface area contributed by atoms with Crippen molar-refractivity contribution >= 4 is 27.7 Å². The van der Waals surface area contributed by atoms with Gasteiger partial charge in [0.05, 0.1) is 7.11 Å². The summed E-state index contributed by atoms with van der Waals surface area (Å²) >= 11 is 3.46. The molecule has 2 aromatic carbocycles. The van der Waals surface area contributed by atoms with Gasteiger partial charge in [-0.3, -0.25) is 9.59 Å². The minimum atomic E-state index is -0.584. The molecule has 2 rings (SSSR count). The van der Waals surface area contributed by atoms with Crippen LogP contribution in [0.25, 0.3) is 0 Å². The van der Waals surface area contributed by atoms with E-state index in [0.29, 0.717) is 24.5 Å². The summed E-state index contributed by atoms with van der Waals surface area (Å²) in [6, 6.07) is 12.4. The van der Waals surface area contributed by atoms with Gasteiger partial charge < -0.3 is 19.7 Å². The molecule has 1 atom stereocenters. The van der Waals surface area contributed by atoms with E-state index in [1.165, 1.54) is 0 Å². The predicted octanol–water partition coefficient (Wildman–Crippen LogP) is 4.09. The highest BCUT2D eigenvalue weighted by atomic mass is 79.9. The Bertz CT molecular complexity index is 872. The molecule has 7 heteroatoms. The van der Waals surface area contributed by atoms with Gasteiger partial charge in [0.1, 0.15) is 17.5 Å². The number of benzene rings is 2. The van der Waals surface area contributed by atoms with Gasteiger partial charge in [0, 0.05) is 17.6 Å². The van der Waals surface area contributed by atoms with Crippen molar-refractivity contribution in [3.8, 4) is 11.5 Å². The number of aryl methyl sites for hydroxylation is 1. The highest BCUT2D eigenvalue weighted by molar-refractivity contribution is 9.10. The Morgan fingerprint density at radius 3 is 2.53 bits per heavy atom. The lowest BCUT2D eigenvalue weighted by Gasteiger charge is -2.30. The Kier molecular flexibility index (Phi) is 9.17. The van der Waals surface area contributed by atoms with Crippen LogP contribution in [0.3, 0.4) is 0 Å². The molecule has 0 spiro atoms. The Labute approximate surface area is 186 Å². The molecule has 0 aliphatic heterocycles. The maximum atomic E-state index is 13.1. The molecule has 0 aliphatic carbocycles. The van der Waals surface area contributed by atoms with Crippen molar-refractivity contribution in [2.24, 2.45) is 0 Å². The van der Waals surface area contributed by atoms with Gasteiger partial charge in [0.15, 0.2) is 6.61 Å². The summed E-state index contributed by atoms with van der Waals surface area (Å²) in [5.74, 6) is 0.885. The molecule has 6 nitrogen and oxygen atoms in total. The Morgan fingerprint density at radius 1 is 1.13 bits per heavy atom. The molecule has 0 bridgehead atoms. The van der Waals surface area contributed by atoms with Crippen LogP contribution in [0.15, 0.2) is 46.9 Å². The van der Waals surface area contributed by atoms with Gasteiger partial charge in [-0.25, -0.2) is 0 Å². The van der Waals surface area contributed by atoms with Crippen molar-refractivity contribution in [2.45, 2.75) is 39.8 Å². The number of ether oxygens (including phenoxy) is 2. The number of nitrogens with zero attached hydrogens (tertiary/aromatic N) is 1. The SMILES string of the molecule is CCNC(=O)[C@@H](CC)N(Cc1cccc(OC)c1)C(=O)COc1ccc(Br)c(C)c1. The number of carbonyl (C=O) groups excluding carboxylic acids is 2. The molecule has 162 valence electrons. The number of nitrogens with one attached hydrogen (secondary N) is 1. The summed E-state index contributed by atoms with van der Waals surface area (Å²) in [5.41, 5.74) is 1.90. The lowest BCUT2D eigenvalue weighted by Crippen LogP contribution is -2.50. The lowest BCUT2D eigenvalue weighted by atomic mass is 10.1. The van der Waals surface area contributed by atoms with Crippen LogP contribution in [0, 0.1) is 6.92 Å². The zero-order chi connectivity index (χ0) is 22.1. The van der Waals surface area contributed by atoms with Crippen molar-refractivity contribution in [2.75, 3.05) is 20.3 Å². The fraction of sp³-hybridized carbons (Fsp3) is 0.391. The molecule has 0 heterocycles. The molecular formula is C23H29BrN2O4. The van der Waals surface area contributed by atoms with Crippen LogP contribution in [0.5, 0.6) is 11.5 Å². The van der Waals surface area contributed by atoms with Gasteiger partial charge in [-0.1, -0.05) is 35.0 Å². The minimum Gasteiger partial charge on any atom is -0.497 e. The van der Waals surface area contributed by atoms with Gasteiger partial charge >= 0.3 is 0 Å². The number of amides is 2. The third kappa shape index (κ3) is 6.49. The molecule has 0 saturated carbocycles. The fourth-order valence-electron chi connectivity index (χ4n) is 3.11. The molecule has 0 aliphatic rings. The quantitative estimate of drug-likeness (QED) is 0.560. The molecular weight excluding hydrogens is 448 g/mol. The first-order valence-corrected chi connectivity index (χ1v) is 10.8. The van der Waals surface area contributed by atoms with E-state index in [1.807, 2.05) is 57.2 Å². The Hall–Kier alpha value is -2.54. The standard InChI is InChI=1S/C23H29BrN2O4/c1-5-21(23(28)25-6-2)26(14-17-8-7-9-18(13-17)29-4)22(27)15-30-19-10-11-20(24)16(3)12-19/h7-13,21H,5-6,14-15H2,1-4H3,(H,25,28)/t21-/m1/s1. The van der Waals surface area contributed by atoms with E-state index < -0.39 is 6.04 Å². The molecule has 0 aromatic heterocycles. The maximum Gasteiger partial charge on any atom is 0.261 e. The Balaban J connectivity index is 2.22. The van der Waals surface area contributed by atoms with Crippen molar-refractivity contribution in [1.29, 1.82) is 0 Å². The van der Waals surface area contributed by atoms with E-state index in [2.05, 4.69) is 21.2 Å². The monoisotopic (exact) mass is 476 g/mol. The van der Waals surface area contributed by atoms with Crippen LogP contribution < -0.4 is 14.8 Å². The molecule has 0 saturated heterocycles. The van der Waals surface area contributed by atoms with E-state index in [1.54, 1.807) is 18.1 Å². The first kappa shape index (κ1) is 23.7. The average Bonchev–Trinajstić information content (AvgIpc) is 2.74. The molecule has 0 fully saturated rings. The first-order valence-electron chi connectivity index (χ1n) is 9.98. The number of carbonyl (C=O) groups is 2. The number of hydrogen-bond donors (Lipinski definition) is 1. The maximum absolute atomic E-state index is 13.1. The van der Waals surface area contributed by atoms with Crippen molar-refractivity contribution in [3.63, 3.8) is 0 Å². The second kappa shape index (κ2) is 11.6. The minimum absolute atomic E-state index is 0.152. The molecule has 30 heavy (non-hydrogen) atoms. The van der Waals surface area contributed by atoms with E-state index in [9.17, 15) is 9.59 Å². The summed E-state index contributed by atoms with van der Waals surface area (Å²) < 4.78 is 12.0. The van der Waals surface area contributed by atoms with E-state index in [0.717, 1.165) is 15.6 Å². The molecule has 1 N–H and O–H groups in total. The smallest absolute Gasteiger partial charge is 0.261 e. The summed E-state index contributed by atoms with van der Waals surface area (Å²) in [6.45, 7) is 6.35. The second-order valence-electron chi connectivity index (χ2n) is 6.89. The zero-order valence-electron chi connectivity index (χ0n) is 17.9. The van der Waals surface area contributed by atoms with Gasteiger partial charge in [-0.05, 0) is 61.7 Å². The Morgan fingerprint density at radius 2 is 1.90 bits per heavy atom. The first-order chi connectivity index (χ1) is 14.4. The molecule has 2 aromatic rings. The topological polar surface area (TPSA) is 67.9 Å². The average molecular weight is 477 g/mol. The van der Waals surface area contributed by atoms with Crippen LogP contribution in [0.4, 0.5) is 0 Å². The highest BCUT2D eigenvalue weighted by Crippen LogP contribution is 2.22. The van der Waals surface area contributed by atoms with Gasteiger partial charge in [0.25, 0.3) is 5.91 Å². The summed E-state index contributed by atoms with van der Waals surface area (Å²) in [6.07, 6.45) is 0.499. The van der Waals surface area contributed by atoms with Crippen molar-refractivity contribution < 1.29 is 19.1 Å². The number of likely N-dealkylation sites (N-methyl/N-ethyl adjacent to an activating group) is 1. The van der Waals surface area contributed by atoms with Crippen molar-refractivity contribution in [3.05, 3.63) is 58.1 Å². The normalized spacial score (nSPS) is 11.5. The molecule has 0 unspecified atom stereocenters. The third-order valence-electron chi connectivity index (χ3n) is 4.72. The summed E-state index contributed by atoms with van der Waals surface area (Å²) in [7, 11) is 1.60. The summed E-state index contributed by atoms with van der Waals surface area (Å²) in [4.78, 5) is 27.3. The molecule has 0 radical (unpaired) electrons. The van der Waals surface area contributed by atoms with Crippen LogP contribution >= 0.6 is 15.9 Å².